The Morgan fingerprint density at radius 1 is 1.28 bits per heavy atom. The van der Waals surface area contributed by atoms with Gasteiger partial charge in [-0.25, -0.2) is 9.59 Å². The van der Waals surface area contributed by atoms with Crippen LogP contribution in [0.2, 0.25) is 0 Å². The van der Waals surface area contributed by atoms with Crippen LogP contribution < -0.4 is 5.32 Å². The number of ether oxygens (including phenoxy) is 2. The predicted molar refractivity (Wildman–Crippen MR) is 72.6 cm³/mol. The molecule has 0 heterocycles. The van der Waals surface area contributed by atoms with Crippen LogP contribution in [-0.2, 0) is 14.3 Å². The molecule has 0 aromatic heterocycles. The summed E-state index contributed by atoms with van der Waals surface area (Å²) in [4.78, 5) is 23.0. The summed E-state index contributed by atoms with van der Waals surface area (Å²) in [6.07, 6.45) is 4.67. The van der Waals surface area contributed by atoms with Crippen molar-refractivity contribution in [2.24, 2.45) is 0 Å². The molecule has 18 heavy (non-hydrogen) atoms. The molecule has 5 nitrogen and oxygen atoms in total. The van der Waals surface area contributed by atoms with Crippen LogP contribution in [0, 0.1) is 0 Å². The Morgan fingerprint density at radius 3 is 2.44 bits per heavy atom. The van der Waals surface area contributed by atoms with E-state index in [1.807, 2.05) is 6.26 Å². The van der Waals surface area contributed by atoms with Gasteiger partial charge in [0, 0.05) is 0 Å². The van der Waals surface area contributed by atoms with Gasteiger partial charge < -0.3 is 14.8 Å². The molecule has 1 amide bonds. The van der Waals surface area contributed by atoms with Crippen molar-refractivity contribution in [2.75, 3.05) is 25.2 Å². The van der Waals surface area contributed by atoms with Crippen LogP contribution in [-0.4, -0.2) is 43.3 Å². The molecule has 0 bridgehead atoms. The zero-order chi connectivity index (χ0) is 13.8. The molecule has 0 aliphatic heterocycles. The lowest BCUT2D eigenvalue weighted by molar-refractivity contribution is -0.144. The van der Waals surface area contributed by atoms with Gasteiger partial charge in [-0.1, -0.05) is 25.3 Å². The average molecular weight is 273 g/mol. The lowest BCUT2D eigenvalue weighted by Gasteiger charge is -2.16. The first-order valence-electron chi connectivity index (χ1n) is 5.46. The van der Waals surface area contributed by atoms with Crippen molar-refractivity contribution >= 4 is 23.8 Å². The average Bonchev–Trinajstić information content (AvgIpc) is 2.38. The first kappa shape index (κ1) is 16.6. The Morgan fingerprint density at radius 2 is 1.89 bits per heavy atom. The molecule has 0 radical (unpaired) electrons. The number of amides is 1. The van der Waals surface area contributed by atoms with Gasteiger partial charge in [0.15, 0.2) is 0 Å². The lowest BCUT2D eigenvalue weighted by Crippen LogP contribution is -2.42. The van der Waals surface area contributed by atoms with E-state index in [0.29, 0.717) is 6.42 Å². The number of carbonyl (C=O) groups is 2. The Bertz CT molecular complexity index is 294. The second kappa shape index (κ2) is 10.7. The minimum atomic E-state index is -0.699. The molecule has 6 heteroatoms. The van der Waals surface area contributed by atoms with Crippen molar-refractivity contribution in [1.82, 2.24) is 5.32 Å². The SMILES string of the molecule is C=CCOC(=O)NC(CCSC)C(=O)OCC=C. The third kappa shape index (κ3) is 7.78. The number of carbonyl (C=O) groups excluding carboxylic acids is 2. The summed E-state index contributed by atoms with van der Waals surface area (Å²) in [5.41, 5.74) is 0. The number of nitrogens with one attached hydrogen (secondary N) is 1. The van der Waals surface area contributed by atoms with E-state index in [0.717, 1.165) is 5.75 Å². The fourth-order valence-electron chi connectivity index (χ4n) is 1.04. The van der Waals surface area contributed by atoms with Crippen LogP contribution in [0.15, 0.2) is 25.3 Å². The lowest BCUT2D eigenvalue weighted by atomic mass is 10.2. The van der Waals surface area contributed by atoms with Gasteiger partial charge >= 0.3 is 12.1 Å². The number of esters is 1. The molecule has 102 valence electrons. The molecule has 0 saturated carbocycles. The van der Waals surface area contributed by atoms with E-state index in [1.54, 1.807) is 11.8 Å². The van der Waals surface area contributed by atoms with E-state index in [2.05, 4.69) is 18.5 Å². The van der Waals surface area contributed by atoms with Crippen molar-refractivity contribution in [3.05, 3.63) is 25.3 Å². The van der Waals surface area contributed by atoms with Gasteiger partial charge in [-0.2, -0.15) is 11.8 Å². The zero-order valence-corrected chi connectivity index (χ0v) is 11.3. The predicted octanol–water partition coefficient (Wildman–Crippen LogP) is 1.75. The topological polar surface area (TPSA) is 64.6 Å². The number of thioether (sulfide) groups is 1. The van der Waals surface area contributed by atoms with E-state index < -0.39 is 18.1 Å². The quantitative estimate of drug-likeness (QED) is 0.512. The number of alkyl carbamates (subject to hydrolysis) is 1. The molecule has 0 aromatic rings. The number of hydrogen-bond donors (Lipinski definition) is 1. The minimum Gasteiger partial charge on any atom is -0.460 e. The van der Waals surface area contributed by atoms with Gasteiger partial charge in [-0.3, -0.25) is 0 Å². The van der Waals surface area contributed by atoms with E-state index in [-0.39, 0.29) is 13.2 Å². The Hall–Kier alpha value is -1.43. The normalized spacial score (nSPS) is 11.2. The fraction of sp³-hybridized carbons (Fsp3) is 0.500. The third-order valence-electron chi connectivity index (χ3n) is 1.86. The van der Waals surface area contributed by atoms with Crippen LogP contribution in [0.4, 0.5) is 4.79 Å². The highest BCUT2D eigenvalue weighted by Gasteiger charge is 2.22. The second-order valence-corrected chi connectivity index (χ2v) is 4.27. The molecule has 0 fully saturated rings. The van der Waals surface area contributed by atoms with Crippen molar-refractivity contribution < 1.29 is 19.1 Å². The molecule has 1 atom stereocenters. The monoisotopic (exact) mass is 273 g/mol. The van der Waals surface area contributed by atoms with Crippen molar-refractivity contribution in [1.29, 1.82) is 0 Å². The maximum atomic E-state index is 11.6. The molecule has 0 saturated heterocycles. The molecule has 1 N–H and O–H groups in total. The molecule has 0 rings (SSSR count). The Balaban J connectivity index is 4.27. The van der Waals surface area contributed by atoms with E-state index in [9.17, 15) is 9.59 Å². The standard InChI is InChI=1S/C12H19NO4S/c1-4-7-16-11(14)10(6-9-18-3)13-12(15)17-8-5-2/h4-5,10H,1-2,6-9H2,3H3,(H,13,15). The number of hydrogen-bond acceptors (Lipinski definition) is 5. The van der Waals surface area contributed by atoms with E-state index >= 15 is 0 Å². The van der Waals surface area contributed by atoms with Crippen LogP contribution >= 0.6 is 11.8 Å². The summed E-state index contributed by atoms with van der Waals surface area (Å²) in [5.74, 6) is 0.245. The highest BCUT2D eigenvalue weighted by Crippen LogP contribution is 2.03. The van der Waals surface area contributed by atoms with Gasteiger partial charge in [-0.05, 0) is 18.4 Å². The van der Waals surface area contributed by atoms with Crippen LogP contribution in [0.5, 0.6) is 0 Å². The molecule has 1 unspecified atom stereocenters. The molecule has 0 aliphatic carbocycles. The zero-order valence-electron chi connectivity index (χ0n) is 10.5. The van der Waals surface area contributed by atoms with Crippen molar-refractivity contribution in [3.63, 3.8) is 0 Å². The highest BCUT2D eigenvalue weighted by molar-refractivity contribution is 7.98. The maximum Gasteiger partial charge on any atom is 0.408 e. The maximum absolute atomic E-state index is 11.6. The first-order chi connectivity index (χ1) is 8.65. The summed E-state index contributed by atoms with van der Waals surface area (Å²) >= 11 is 1.58. The molecule has 0 spiro atoms. The third-order valence-corrected chi connectivity index (χ3v) is 2.51. The summed E-state index contributed by atoms with van der Waals surface area (Å²) < 4.78 is 9.65. The second-order valence-electron chi connectivity index (χ2n) is 3.28. The summed E-state index contributed by atoms with van der Waals surface area (Å²) in [5, 5.41) is 2.46. The number of rotatable bonds is 9. The fourth-order valence-corrected chi connectivity index (χ4v) is 1.52. The Labute approximate surface area is 112 Å². The van der Waals surface area contributed by atoms with Gasteiger partial charge in [0.2, 0.25) is 0 Å². The first-order valence-corrected chi connectivity index (χ1v) is 6.85. The van der Waals surface area contributed by atoms with Crippen LogP contribution in [0.25, 0.3) is 0 Å². The minimum absolute atomic E-state index is 0.1000. The molecule has 0 aliphatic rings. The largest absolute Gasteiger partial charge is 0.460 e. The van der Waals surface area contributed by atoms with Crippen molar-refractivity contribution in [2.45, 2.75) is 12.5 Å². The van der Waals surface area contributed by atoms with Crippen LogP contribution in [0.3, 0.4) is 0 Å². The van der Waals surface area contributed by atoms with Crippen LogP contribution in [0.1, 0.15) is 6.42 Å². The summed E-state index contributed by atoms with van der Waals surface area (Å²) in [6.45, 7) is 7.10. The van der Waals surface area contributed by atoms with Gasteiger partial charge in [0.05, 0.1) is 0 Å². The van der Waals surface area contributed by atoms with E-state index in [1.165, 1.54) is 12.2 Å². The molecular weight excluding hydrogens is 254 g/mol. The van der Waals surface area contributed by atoms with Gasteiger partial charge in [-0.15, -0.1) is 0 Å². The van der Waals surface area contributed by atoms with Gasteiger partial charge in [0.1, 0.15) is 19.3 Å². The Kier molecular flexibility index (Phi) is 9.86. The molecular formula is C12H19NO4S. The smallest absolute Gasteiger partial charge is 0.408 e. The highest BCUT2D eigenvalue weighted by atomic mass is 32.2. The van der Waals surface area contributed by atoms with E-state index in [4.69, 9.17) is 9.47 Å². The summed E-state index contributed by atoms with van der Waals surface area (Å²) in [6, 6.07) is -0.699. The molecule has 0 aromatic carbocycles. The van der Waals surface area contributed by atoms with Crippen molar-refractivity contribution in [3.8, 4) is 0 Å². The van der Waals surface area contributed by atoms with Gasteiger partial charge in [0.25, 0.3) is 0 Å². The summed E-state index contributed by atoms with van der Waals surface area (Å²) in [7, 11) is 0.